The number of fused-ring (bicyclic) bond motifs is 6. The van der Waals surface area contributed by atoms with E-state index in [2.05, 4.69) is 0 Å². The molecule has 0 bridgehead atoms. The summed E-state index contributed by atoms with van der Waals surface area (Å²) in [7, 11) is -21.7. The van der Waals surface area contributed by atoms with E-state index in [0.29, 0.717) is 98.3 Å². The third-order valence-corrected chi connectivity index (χ3v) is 19.0. The molecule has 4 aromatic rings. The number of benzene rings is 4. The van der Waals surface area contributed by atoms with Gasteiger partial charge in [0.2, 0.25) is 5.69 Å². The minimum absolute atomic E-state index is 0.0185. The van der Waals surface area contributed by atoms with E-state index in [1.54, 1.807) is 60.1 Å². The van der Waals surface area contributed by atoms with Crippen molar-refractivity contribution in [2.45, 2.75) is 89.2 Å². The highest BCUT2D eigenvalue weighted by molar-refractivity contribution is 7.87. The van der Waals surface area contributed by atoms with Crippen LogP contribution < -0.4 is 4.90 Å². The Balaban J connectivity index is 1.47. The average Bonchev–Trinajstić information content (AvgIpc) is 1.79. The predicted molar refractivity (Wildman–Crippen MR) is 318 cm³/mol. The number of carboxylic acid groups (broad SMARTS) is 1. The highest BCUT2D eigenvalue weighted by Gasteiger charge is 2.49. The number of carboxylic acids is 1. The second kappa shape index (κ2) is 29.7. The van der Waals surface area contributed by atoms with Gasteiger partial charge in [-0.15, -0.1) is 0 Å². The zero-order valence-electron chi connectivity index (χ0n) is 47.9. The quantitative estimate of drug-likeness (QED) is 0.0119. The molecule has 25 nitrogen and oxygen atoms in total. The first kappa shape index (κ1) is 69.7. The summed E-state index contributed by atoms with van der Waals surface area (Å²) in [6, 6.07) is 9.49. The SMILES string of the molecule is COCCOCCOCCC1(C)C(=CC=CC=CC=CC2=[N+](CCCS(=O)(=O)O)c3ccc4c(S(=O)(=O)O)cc(S(=O)(=O)O)cc4c3C2(C)CCOCCOCCOC)N(CCCCCC(=O)O)c2ccc3c(S(=O)(=O)O)cc(S(=O)(=O)O)cc3c21. The van der Waals surface area contributed by atoms with E-state index in [1.165, 1.54) is 32.4 Å². The summed E-state index contributed by atoms with van der Waals surface area (Å²) in [5, 5.41) is 9.35. The molecule has 0 saturated heterocycles. The van der Waals surface area contributed by atoms with Crippen LogP contribution >= 0.6 is 0 Å². The molecule has 30 heteroatoms. The van der Waals surface area contributed by atoms with Gasteiger partial charge in [-0.2, -0.15) is 46.7 Å². The number of hydrogen-bond donors (Lipinski definition) is 6. The third kappa shape index (κ3) is 17.7. The Bertz CT molecular complexity index is 3880. The third-order valence-electron chi connectivity index (χ3n) is 14.8. The van der Waals surface area contributed by atoms with Crippen molar-refractivity contribution in [1.29, 1.82) is 0 Å². The van der Waals surface area contributed by atoms with Crippen LogP contribution in [-0.2, 0) is 94.6 Å². The molecule has 86 heavy (non-hydrogen) atoms. The molecule has 6 N–H and O–H groups in total. The van der Waals surface area contributed by atoms with Gasteiger partial charge in [0.15, 0.2) is 5.71 Å². The largest absolute Gasteiger partial charge is 0.481 e. The zero-order chi connectivity index (χ0) is 63.3. The number of rotatable bonds is 36. The Hall–Kier alpha value is -5.39. The van der Waals surface area contributed by atoms with Gasteiger partial charge in [0, 0.05) is 92.1 Å². The molecule has 4 aromatic carbocycles. The molecule has 0 spiro atoms. The summed E-state index contributed by atoms with van der Waals surface area (Å²) in [5.74, 6) is -1.61. The number of methoxy groups -OCH3 is 2. The first-order valence-corrected chi connectivity index (χ1v) is 34.5. The standard InChI is InChI=1S/C56H72N2O23S5/c1-55(21-25-78-31-33-80-29-27-76-3)50(57(23-12-8-11-16-52(59)60)46-19-17-42-44(53(46)55)36-40(83(64,65)66)38-48(42)85(70,71)72)14-9-6-5-7-10-15-51-56(2,22-26-79-32-34-81-30-28-77-4)54-45-37-41(84(67,68)69)39-49(86(73,74)75)43(45)18-20-47(54)58(51)24-13-35-82(61,62)63/h5-7,9-10,14-15,17-20,36-39H,8,11-13,16,21-35H2,1-4H3,(H5-,59,60,61,62,63,64,65,66,67,68,69,70,71,72,73,74,75)/p+1. The van der Waals surface area contributed by atoms with E-state index in [4.69, 9.17) is 28.4 Å². The maximum Gasteiger partial charge on any atom is 0.303 e. The van der Waals surface area contributed by atoms with Gasteiger partial charge >= 0.3 is 5.97 Å². The molecule has 0 fully saturated rings. The summed E-state index contributed by atoms with van der Waals surface area (Å²) in [6.07, 6.45) is 13.4. The molecule has 2 heterocycles. The van der Waals surface area contributed by atoms with Crippen LogP contribution in [0.4, 0.5) is 11.4 Å². The molecule has 0 saturated carbocycles. The number of anilines is 1. The van der Waals surface area contributed by atoms with Crippen molar-refractivity contribution in [3.05, 3.63) is 108 Å². The first-order chi connectivity index (χ1) is 40.4. The Morgan fingerprint density at radius 1 is 0.547 bits per heavy atom. The van der Waals surface area contributed by atoms with Gasteiger partial charge in [-0.1, -0.05) is 42.9 Å². The lowest BCUT2D eigenvalue weighted by Gasteiger charge is -2.31. The molecular formula is C56H73N2O23S5+. The summed E-state index contributed by atoms with van der Waals surface area (Å²) in [5.41, 5.74) is 0.472. The van der Waals surface area contributed by atoms with E-state index in [0.717, 1.165) is 12.1 Å². The van der Waals surface area contributed by atoms with Crippen molar-refractivity contribution < 1.29 is 108 Å². The number of hydrogen-bond acceptors (Lipinski definition) is 18. The van der Waals surface area contributed by atoms with Crippen LogP contribution in [-0.4, -0.2) is 185 Å². The zero-order valence-corrected chi connectivity index (χ0v) is 51.9. The molecule has 0 aromatic heterocycles. The Labute approximate surface area is 501 Å². The Kier molecular flexibility index (Phi) is 24.1. The molecule has 0 amide bonds. The van der Waals surface area contributed by atoms with Crippen LogP contribution in [0, 0.1) is 0 Å². The van der Waals surface area contributed by atoms with Gasteiger partial charge in [-0.25, -0.2) is 0 Å². The maximum absolute atomic E-state index is 12.9. The van der Waals surface area contributed by atoms with Crippen LogP contribution in [0.1, 0.15) is 69.9 Å². The van der Waals surface area contributed by atoms with E-state index in [-0.39, 0.29) is 93.4 Å². The number of ether oxygens (including phenoxy) is 6. The number of allylic oxidation sites excluding steroid dienone is 8. The number of nitrogens with zero attached hydrogens (tertiary/aromatic N) is 2. The second-order valence-corrected chi connectivity index (χ2v) is 27.9. The van der Waals surface area contributed by atoms with Crippen molar-refractivity contribution in [3.8, 4) is 0 Å². The van der Waals surface area contributed by atoms with E-state index >= 15 is 0 Å². The Morgan fingerprint density at radius 2 is 1.03 bits per heavy atom. The molecular weight excluding hydrogens is 1230 g/mol. The monoisotopic (exact) mass is 1300 g/mol. The molecule has 2 aliphatic heterocycles. The topological polar surface area (TPSA) is 371 Å². The number of carbonyl (C=O) groups is 1. The molecule has 2 atom stereocenters. The minimum atomic E-state index is -5.12. The molecule has 0 aliphatic carbocycles. The summed E-state index contributed by atoms with van der Waals surface area (Å²) < 4.78 is 212. The maximum atomic E-state index is 12.9. The lowest BCUT2D eigenvalue weighted by molar-refractivity contribution is -0.437. The van der Waals surface area contributed by atoms with Crippen molar-refractivity contribution in [2.24, 2.45) is 0 Å². The van der Waals surface area contributed by atoms with Crippen LogP contribution in [0.25, 0.3) is 21.5 Å². The van der Waals surface area contributed by atoms with Crippen LogP contribution in [0.2, 0.25) is 0 Å². The predicted octanol–water partition coefficient (Wildman–Crippen LogP) is 6.73. The van der Waals surface area contributed by atoms with Gasteiger partial charge < -0.3 is 38.4 Å². The molecule has 0 radical (unpaired) electrons. The summed E-state index contributed by atoms with van der Waals surface area (Å²) in [4.78, 5) is 10.2. The van der Waals surface area contributed by atoms with E-state index < -0.39 is 92.7 Å². The highest BCUT2D eigenvalue weighted by atomic mass is 32.2. The van der Waals surface area contributed by atoms with Gasteiger partial charge in [0.25, 0.3) is 50.6 Å². The molecule has 2 unspecified atom stereocenters. The lowest BCUT2D eigenvalue weighted by Crippen LogP contribution is -2.33. The average molecular weight is 1300 g/mol. The van der Waals surface area contributed by atoms with Crippen LogP contribution in [0.3, 0.4) is 0 Å². The van der Waals surface area contributed by atoms with Gasteiger partial charge in [0.1, 0.15) is 16.3 Å². The van der Waals surface area contributed by atoms with Gasteiger partial charge in [0.05, 0.1) is 73.8 Å². The van der Waals surface area contributed by atoms with Gasteiger partial charge in [-0.05, 0) is 98.3 Å². The Morgan fingerprint density at radius 3 is 1.55 bits per heavy atom. The number of unbranched alkanes of at least 4 members (excludes halogenated alkanes) is 2. The van der Waals surface area contributed by atoms with E-state index in [9.17, 15) is 74.8 Å². The minimum Gasteiger partial charge on any atom is -0.481 e. The van der Waals surface area contributed by atoms with E-state index in [1.807, 2.05) is 11.8 Å². The first-order valence-electron chi connectivity index (χ1n) is 27.1. The van der Waals surface area contributed by atoms with Crippen LogP contribution in [0.15, 0.2) is 116 Å². The second-order valence-electron chi connectivity index (χ2n) is 20.7. The fourth-order valence-electron chi connectivity index (χ4n) is 10.8. The summed E-state index contributed by atoms with van der Waals surface area (Å²) >= 11 is 0. The lowest BCUT2D eigenvalue weighted by atomic mass is 9.75. The van der Waals surface area contributed by atoms with Crippen molar-refractivity contribution in [1.82, 2.24) is 0 Å². The summed E-state index contributed by atoms with van der Waals surface area (Å²) in [6.45, 7) is 6.14. The molecule has 474 valence electrons. The fourth-order valence-corrected chi connectivity index (χ4v) is 14.0. The van der Waals surface area contributed by atoms with Crippen molar-refractivity contribution in [2.75, 3.05) is 104 Å². The van der Waals surface area contributed by atoms with Gasteiger partial charge in [-0.3, -0.25) is 27.6 Å². The smallest absolute Gasteiger partial charge is 0.303 e. The van der Waals surface area contributed by atoms with Crippen molar-refractivity contribution in [3.63, 3.8) is 0 Å². The fraction of sp³-hybridized carbons (Fsp3) is 0.464. The molecule has 6 rings (SSSR count). The van der Waals surface area contributed by atoms with Crippen molar-refractivity contribution >= 4 is 95.2 Å². The van der Waals surface area contributed by atoms with Crippen LogP contribution in [0.5, 0.6) is 0 Å². The molecule has 2 aliphatic rings. The normalized spacial score (nSPS) is 18.3. The number of aliphatic carboxylic acids is 1. The highest BCUT2D eigenvalue weighted by Crippen LogP contribution is 2.54.